The Hall–Kier alpha value is -1.03. The summed E-state index contributed by atoms with van der Waals surface area (Å²) in [4.78, 5) is 1.41. The summed E-state index contributed by atoms with van der Waals surface area (Å²) < 4.78 is 40.4. The third kappa shape index (κ3) is 2.16. The SMILES string of the molecule is CC(C)c1ccc2c(c1)CCN(C)C2(C)C(F)(F)F. The van der Waals surface area contributed by atoms with Crippen LogP contribution in [0.2, 0.25) is 0 Å². The molecular formula is C15H20F3N. The highest BCUT2D eigenvalue weighted by Crippen LogP contribution is 2.46. The molecule has 0 amide bonds. The van der Waals surface area contributed by atoms with Crippen LogP contribution in [0.1, 0.15) is 43.4 Å². The lowest BCUT2D eigenvalue weighted by Gasteiger charge is -2.45. The maximum Gasteiger partial charge on any atom is 0.410 e. The molecule has 0 fully saturated rings. The minimum atomic E-state index is -4.27. The molecule has 1 aromatic rings. The van der Waals surface area contributed by atoms with Crippen molar-refractivity contribution in [2.45, 2.75) is 44.8 Å². The van der Waals surface area contributed by atoms with Crippen LogP contribution in [-0.4, -0.2) is 24.7 Å². The number of rotatable bonds is 1. The van der Waals surface area contributed by atoms with E-state index in [2.05, 4.69) is 13.8 Å². The third-order valence-electron chi connectivity index (χ3n) is 4.35. The summed E-state index contributed by atoms with van der Waals surface area (Å²) >= 11 is 0. The lowest BCUT2D eigenvalue weighted by atomic mass is 9.80. The first-order valence-corrected chi connectivity index (χ1v) is 6.59. The molecule has 0 saturated heterocycles. The molecule has 19 heavy (non-hydrogen) atoms. The van der Waals surface area contributed by atoms with Crippen molar-refractivity contribution in [1.29, 1.82) is 0 Å². The Bertz CT molecular complexity index is 479. The highest BCUT2D eigenvalue weighted by Gasteiger charge is 2.56. The summed E-state index contributed by atoms with van der Waals surface area (Å²) in [7, 11) is 1.55. The lowest BCUT2D eigenvalue weighted by molar-refractivity contribution is -0.230. The van der Waals surface area contributed by atoms with Gasteiger partial charge in [0.1, 0.15) is 5.54 Å². The molecule has 1 aliphatic rings. The van der Waals surface area contributed by atoms with Gasteiger partial charge in [0.05, 0.1) is 0 Å². The second-order valence-corrected chi connectivity index (χ2v) is 5.81. The van der Waals surface area contributed by atoms with Crippen molar-refractivity contribution < 1.29 is 13.2 Å². The van der Waals surface area contributed by atoms with Crippen LogP contribution in [0.25, 0.3) is 0 Å². The summed E-state index contributed by atoms with van der Waals surface area (Å²) in [5.74, 6) is 0.335. The van der Waals surface area contributed by atoms with Crippen molar-refractivity contribution >= 4 is 0 Å². The molecular weight excluding hydrogens is 251 g/mol. The van der Waals surface area contributed by atoms with E-state index in [4.69, 9.17) is 0 Å². The normalized spacial score (nSPS) is 24.6. The molecule has 106 valence electrons. The van der Waals surface area contributed by atoms with Crippen molar-refractivity contribution in [2.75, 3.05) is 13.6 Å². The second-order valence-electron chi connectivity index (χ2n) is 5.81. The van der Waals surface area contributed by atoms with E-state index in [1.165, 1.54) is 11.8 Å². The predicted molar refractivity (Wildman–Crippen MR) is 70.3 cm³/mol. The minimum absolute atomic E-state index is 0.335. The molecule has 2 rings (SSSR count). The van der Waals surface area contributed by atoms with Gasteiger partial charge in [-0.05, 0) is 43.0 Å². The summed E-state index contributed by atoms with van der Waals surface area (Å²) in [6, 6.07) is 5.43. The van der Waals surface area contributed by atoms with Crippen LogP contribution in [-0.2, 0) is 12.0 Å². The fraction of sp³-hybridized carbons (Fsp3) is 0.600. The Labute approximate surface area is 112 Å². The van der Waals surface area contributed by atoms with Crippen molar-refractivity contribution in [3.8, 4) is 0 Å². The molecule has 0 aliphatic carbocycles. The molecule has 0 radical (unpaired) electrons. The molecule has 0 N–H and O–H groups in total. The van der Waals surface area contributed by atoms with Crippen LogP contribution in [0.4, 0.5) is 13.2 Å². The summed E-state index contributed by atoms with van der Waals surface area (Å²) in [5, 5.41) is 0. The van der Waals surface area contributed by atoms with Gasteiger partial charge in [-0.1, -0.05) is 32.0 Å². The second kappa shape index (κ2) is 4.51. The first-order chi connectivity index (χ1) is 8.68. The molecule has 1 aromatic carbocycles. The van der Waals surface area contributed by atoms with E-state index in [1.807, 2.05) is 12.1 Å². The summed E-state index contributed by atoms with van der Waals surface area (Å²) in [6.45, 7) is 5.82. The molecule has 0 saturated carbocycles. The maximum atomic E-state index is 13.5. The van der Waals surface area contributed by atoms with Crippen molar-refractivity contribution in [1.82, 2.24) is 4.90 Å². The molecule has 0 aromatic heterocycles. The largest absolute Gasteiger partial charge is 0.410 e. The number of nitrogens with zero attached hydrogens (tertiary/aromatic N) is 1. The van der Waals surface area contributed by atoms with E-state index in [0.717, 1.165) is 11.1 Å². The van der Waals surface area contributed by atoms with E-state index in [1.54, 1.807) is 13.1 Å². The van der Waals surface area contributed by atoms with Gasteiger partial charge in [-0.15, -0.1) is 0 Å². The number of hydrogen-bond donors (Lipinski definition) is 0. The Kier molecular flexibility index (Phi) is 3.42. The molecule has 4 heteroatoms. The predicted octanol–water partition coefficient (Wildman–Crippen LogP) is 4.08. The van der Waals surface area contributed by atoms with Crippen LogP contribution < -0.4 is 0 Å². The Morgan fingerprint density at radius 2 is 1.89 bits per heavy atom. The first-order valence-electron chi connectivity index (χ1n) is 6.59. The van der Waals surface area contributed by atoms with Crippen LogP contribution >= 0.6 is 0 Å². The standard InChI is InChI=1S/C15H20F3N/c1-10(2)11-5-6-13-12(9-11)7-8-19(4)14(13,3)15(16,17)18/h5-6,9-10H,7-8H2,1-4H3. The first kappa shape index (κ1) is 14.4. The minimum Gasteiger partial charge on any atom is -0.289 e. The van der Waals surface area contributed by atoms with E-state index in [9.17, 15) is 13.2 Å². The van der Waals surface area contributed by atoms with Gasteiger partial charge >= 0.3 is 6.18 Å². The number of hydrogen-bond acceptors (Lipinski definition) is 1. The highest BCUT2D eigenvalue weighted by molar-refractivity contribution is 5.41. The average molecular weight is 271 g/mol. The highest BCUT2D eigenvalue weighted by atomic mass is 19.4. The number of halogens is 3. The Morgan fingerprint density at radius 3 is 2.42 bits per heavy atom. The van der Waals surface area contributed by atoms with Crippen LogP contribution in [0.15, 0.2) is 18.2 Å². The quantitative estimate of drug-likeness (QED) is 0.744. The van der Waals surface area contributed by atoms with Gasteiger partial charge in [0.15, 0.2) is 0 Å². The fourth-order valence-electron chi connectivity index (χ4n) is 2.74. The van der Waals surface area contributed by atoms with Gasteiger partial charge in [0.25, 0.3) is 0 Å². The third-order valence-corrected chi connectivity index (χ3v) is 4.35. The van der Waals surface area contributed by atoms with Gasteiger partial charge in [-0.25, -0.2) is 0 Å². The van der Waals surface area contributed by atoms with Crippen LogP contribution in [0.3, 0.4) is 0 Å². The van der Waals surface area contributed by atoms with Gasteiger partial charge in [0, 0.05) is 6.54 Å². The van der Waals surface area contributed by atoms with Gasteiger partial charge in [0.2, 0.25) is 0 Å². The van der Waals surface area contributed by atoms with Gasteiger partial charge in [-0.3, -0.25) is 4.90 Å². The van der Waals surface area contributed by atoms with E-state index in [-0.39, 0.29) is 0 Å². The van der Waals surface area contributed by atoms with Gasteiger partial charge in [-0.2, -0.15) is 13.2 Å². The van der Waals surface area contributed by atoms with E-state index >= 15 is 0 Å². The number of fused-ring (bicyclic) bond motifs is 1. The molecule has 1 nitrogen and oxygen atoms in total. The topological polar surface area (TPSA) is 3.24 Å². The average Bonchev–Trinajstić information content (AvgIpc) is 2.32. The molecule has 1 heterocycles. The zero-order valence-electron chi connectivity index (χ0n) is 11.8. The monoisotopic (exact) mass is 271 g/mol. The van der Waals surface area contributed by atoms with Crippen molar-refractivity contribution in [3.05, 3.63) is 34.9 Å². The number of likely N-dealkylation sites (N-methyl/N-ethyl adjacent to an activating group) is 1. The van der Waals surface area contributed by atoms with Crippen molar-refractivity contribution in [3.63, 3.8) is 0 Å². The van der Waals surface area contributed by atoms with Gasteiger partial charge < -0.3 is 0 Å². The van der Waals surface area contributed by atoms with E-state index in [0.29, 0.717) is 24.4 Å². The summed E-state index contributed by atoms with van der Waals surface area (Å²) in [6.07, 6.45) is -3.59. The van der Waals surface area contributed by atoms with Crippen molar-refractivity contribution in [2.24, 2.45) is 0 Å². The van der Waals surface area contributed by atoms with Crippen LogP contribution in [0, 0.1) is 0 Å². The molecule has 0 bridgehead atoms. The van der Waals surface area contributed by atoms with Crippen LogP contribution in [0.5, 0.6) is 0 Å². The molecule has 1 unspecified atom stereocenters. The number of benzene rings is 1. The fourth-order valence-corrected chi connectivity index (χ4v) is 2.74. The Balaban J connectivity index is 2.58. The smallest absolute Gasteiger partial charge is 0.289 e. The zero-order valence-corrected chi connectivity index (χ0v) is 11.8. The molecule has 1 atom stereocenters. The zero-order chi connectivity index (χ0) is 14.4. The maximum absolute atomic E-state index is 13.5. The molecule has 0 spiro atoms. The lowest BCUT2D eigenvalue weighted by Crippen LogP contribution is -2.55. The molecule has 1 aliphatic heterocycles. The summed E-state index contributed by atoms with van der Waals surface area (Å²) in [5.41, 5.74) is 0.464. The van der Waals surface area contributed by atoms with E-state index < -0.39 is 11.7 Å². The Morgan fingerprint density at radius 1 is 1.26 bits per heavy atom. The number of alkyl halides is 3.